The van der Waals surface area contributed by atoms with Crippen molar-refractivity contribution in [2.45, 2.75) is 19.5 Å². The highest BCUT2D eigenvalue weighted by Crippen LogP contribution is 2.25. The molecular weight excluding hydrogens is 355 g/mol. The lowest BCUT2D eigenvalue weighted by molar-refractivity contribution is 0.0930. The predicted octanol–water partition coefficient (Wildman–Crippen LogP) is 2.61. The van der Waals surface area contributed by atoms with E-state index in [1.807, 2.05) is 6.92 Å². The SMILES string of the molecule is C[C@@H](Cn1cncn1)NC(=O)c1csc2nc(-c3ccccc3F)cn12. The number of hydrogen-bond donors (Lipinski definition) is 1. The summed E-state index contributed by atoms with van der Waals surface area (Å²) in [6.45, 7) is 2.41. The van der Waals surface area contributed by atoms with Crippen LogP contribution >= 0.6 is 11.3 Å². The molecule has 0 aliphatic heterocycles. The Bertz CT molecular complexity index is 1050. The molecule has 1 amide bonds. The Kier molecular flexibility index (Phi) is 4.21. The van der Waals surface area contributed by atoms with Crippen molar-refractivity contribution in [3.05, 3.63) is 60.0 Å². The molecule has 132 valence electrons. The van der Waals surface area contributed by atoms with E-state index < -0.39 is 0 Å². The highest BCUT2D eigenvalue weighted by Gasteiger charge is 2.18. The van der Waals surface area contributed by atoms with Gasteiger partial charge in [0.1, 0.15) is 24.2 Å². The third-order valence-corrected chi connectivity index (χ3v) is 4.74. The van der Waals surface area contributed by atoms with Crippen molar-refractivity contribution in [1.29, 1.82) is 0 Å². The standard InChI is InChI=1S/C17H15FN6OS/c1-11(6-23-10-19-9-20-23)21-16(25)15-8-26-17-22-14(7-24(15)17)12-4-2-3-5-13(12)18/h2-5,7-11H,6H2,1H3,(H,21,25)/t11-/m0/s1. The zero-order valence-corrected chi connectivity index (χ0v) is 14.7. The highest BCUT2D eigenvalue weighted by atomic mass is 32.1. The van der Waals surface area contributed by atoms with Crippen LogP contribution in [0, 0.1) is 5.82 Å². The fraction of sp³-hybridized carbons (Fsp3) is 0.176. The van der Waals surface area contributed by atoms with Gasteiger partial charge in [0.2, 0.25) is 0 Å². The average molecular weight is 370 g/mol. The Morgan fingerprint density at radius 2 is 2.23 bits per heavy atom. The molecule has 0 bridgehead atoms. The number of amides is 1. The van der Waals surface area contributed by atoms with Crippen LogP contribution in [0.2, 0.25) is 0 Å². The van der Waals surface area contributed by atoms with Gasteiger partial charge in [-0.2, -0.15) is 5.10 Å². The van der Waals surface area contributed by atoms with E-state index >= 15 is 0 Å². The first-order chi connectivity index (χ1) is 12.6. The summed E-state index contributed by atoms with van der Waals surface area (Å²) >= 11 is 1.34. The van der Waals surface area contributed by atoms with Gasteiger partial charge in [-0.25, -0.2) is 14.4 Å². The zero-order valence-electron chi connectivity index (χ0n) is 13.8. The van der Waals surface area contributed by atoms with Gasteiger partial charge in [-0.3, -0.25) is 13.9 Å². The molecule has 1 atom stereocenters. The Hall–Kier alpha value is -3.07. The van der Waals surface area contributed by atoms with E-state index in [4.69, 9.17) is 0 Å². The first-order valence-electron chi connectivity index (χ1n) is 7.96. The lowest BCUT2D eigenvalue weighted by Crippen LogP contribution is -2.36. The Morgan fingerprint density at radius 1 is 1.38 bits per heavy atom. The number of imidazole rings is 1. The maximum absolute atomic E-state index is 14.0. The van der Waals surface area contributed by atoms with Crippen LogP contribution in [-0.2, 0) is 6.54 Å². The Balaban J connectivity index is 1.57. The number of benzene rings is 1. The van der Waals surface area contributed by atoms with Crippen LogP contribution in [0.15, 0.2) is 48.5 Å². The first kappa shape index (κ1) is 16.4. The Morgan fingerprint density at radius 3 is 3.00 bits per heavy atom. The maximum atomic E-state index is 14.0. The quantitative estimate of drug-likeness (QED) is 0.586. The summed E-state index contributed by atoms with van der Waals surface area (Å²) in [6.07, 6.45) is 4.73. The molecule has 0 fully saturated rings. The molecule has 7 nitrogen and oxygen atoms in total. The molecule has 0 aliphatic rings. The van der Waals surface area contributed by atoms with Gasteiger partial charge in [0, 0.05) is 23.2 Å². The van der Waals surface area contributed by atoms with Crippen LogP contribution in [-0.4, -0.2) is 36.1 Å². The molecule has 0 spiro atoms. The van der Waals surface area contributed by atoms with Crippen molar-refractivity contribution in [3.8, 4) is 11.3 Å². The van der Waals surface area contributed by atoms with Crippen LogP contribution in [0.3, 0.4) is 0 Å². The molecule has 1 aromatic carbocycles. The minimum Gasteiger partial charge on any atom is -0.346 e. The molecule has 0 saturated heterocycles. The van der Waals surface area contributed by atoms with Gasteiger partial charge >= 0.3 is 0 Å². The second-order valence-corrected chi connectivity index (χ2v) is 6.71. The number of nitrogens with zero attached hydrogens (tertiary/aromatic N) is 5. The van der Waals surface area contributed by atoms with Crippen molar-refractivity contribution < 1.29 is 9.18 Å². The van der Waals surface area contributed by atoms with Crippen LogP contribution in [0.1, 0.15) is 17.4 Å². The van der Waals surface area contributed by atoms with Crippen LogP contribution in [0.4, 0.5) is 4.39 Å². The molecule has 3 aromatic heterocycles. The molecule has 0 aliphatic carbocycles. The molecule has 26 heavy (non-hydrogen) atoms. The van der Waals surface area contributed by atoms with Gasteiger partial charge in [-0.1, -0.05) is 12.1 Å². The number of nitrogens with one attached hydrogen (secondary N) is 1. The van der Waals surface area contributed by atoms with E-state index in [1.165, 1.54) is 23.7 Å². The van der Waals surface area contributed by atoms with E-state index in [0.29, 0.717) is 28.5 Å². The monoisotopic (exact) mass is 370 g/mol. The summed E-state index contributed by atoms with van der Waals surface area (Å²) in [4.78, 5) is 21.5. The second kappa shape index (κ2) is 6.68. The van der Waals surface area contributed by atoms with Crippen LogP contribution in [0.5, 0.6) is 0 Å². The topological polar surface area (TPSA) is 77.1 Å². The number of fused-ring (bicyclic) bond motifs is 1. The van der Waals surface area contributed by atoms with Gasteiger partial charge < -0.3 is 5.32 Å². The smallest absolute Gasteiger partial charge is 0.269 e. The fourth-order valence-electron chi connectivity index (χ4n) is 2.70. The number of halogens is 1. The van der Waals surface area contributed by atoms with Crippen molar-refractivity contribution >= 4 is 22.2 Å². The predicted molar refractivity (Wildman–Crippen MR) is 95.4 cm³/mol. The maximum Gasteiger partial charge on any atom is 0.269 e. The first-order valence-corrected chi connectivity index (χ1v) is 8.84. The number of thiazole rings is 1. The van der Waals surface area contributed by atoms with E-state index in [2.05, 4.69) is 20.4 Å². The van der Waals surface area contributed by atoms with E-state index in [9.17, 15) is 9.18 Å². The van der Waals surface area contributed by atoms with Crippen molar-refractivity contribution in [3.63, 3.8) is 0 Å². The van der Waals surface area contributed by atoms with Crippen molar-refractivity contribution in [2.24, 2.45) is 0 Å². The lowest BCUT2D eigenvalue weighted by atomic mass is 10.1. The largest absolute Gasteiger partial charge is 0.346 e. The van der Waals surface area contributed by atoms with E-state index in [0.717, 1.165) is 0 Å². The van der Waals surface area contributed by atoms with Crippen molar-refractivity contribution in [1.82, 2.24) is 29.5 Å². The van der Waals surface area contributed by atoms with E-state index in [-0.39, 0.29) is 17.8 Å². The van der Waals surface area contributed by atoms with Gasteiger partial charge in [-0.15, -0.1) is 11.3 Å². The summed E-state index contributed by atoms with van der Waals surface area (Å²) in [6, 6.07) is 6.32. The number of hydrogen-bond acceptors (Lipinski definition) is 5. The van der Waals surface area contributed by atoms with Gasteiger partial charge in [0.25, 0.3) is 5.91 Å². The summed E-state index contributed by atoms with van der Waals surface area (Å²) in [5, 5.41) is 8.70. The number of carbonyl (C=O) groups is 1. The van der Waals surface area contributed by atoms with Gasteiger partial charge in [0.15, 0.2) is 4.96 Å². The molecule has 0 unspecified atom stereocenters. The molecule has 0 radical (unpaired) electrons. The minimum absolute atomic E-state index is 0.131. The van der Waals surface area contributed by atoms with Gasteiger partial charge in [0.05, 0.1) is 12.2 Å². The average Bonchev–Trinajstić information content (AvgIpc) is 3.31. The normalized spacial score (nSPS) is 12.4. The summed E-state index contributed by atoms with van der Waals surface area (Å²) < 4.78 is 17.3. The van der Waals surface area contributed by atoms with Gasteiger partial charge in [-0.05, 0) is 19.1 Å². The summed E-state index contributed by atoms with van der Waals surface area (Å²) in [5.41, 5.74) is 1.37. The fourth-order valence-corrected chi connectivity index (χ4v) is 3.55. The van der Waals surface area contributed by atoms with Crippen molar-refractivity contribution in [2.75, 3.05) is 0 Å². The molecule has 3 heterocycles. The summed E-state index contributed by atoms with van der Waals surface area (Å²) in [7, 11) is 0. The highest BCUT2D eigenvalue weighted by molar-refractivity contribution is 7.15. The third-order valence-electron chi connectivity index (χ3n) is 3.90. The van der Waals surface area contributed by atoms with Crippen LogP contribution in [0.25, 0.3) is 16.2 Å². The zero-order chi connectivity index (χ0) is 18.1. The Labute approximate surface area is 152 Å². The molecule has 4 aromatic rings. The number of rotatable bonds is 5. The van der Waals surface area contributed by atoms with E-state index in [1.54, 1.807) is 45.2 Å². The molecule has 0 saturated carbocycles. The third kappa shape index (κ3) is 3.08. The lowest BCUT2D eigenvalue weighted by Gasteiger charge is -2.13. The number of aromatic nitrogens is 5. The molecule has 1 N–H and O–H groups in total. The van der Waals surface area contributed by atoms with Crippen LogP contribution < -0.4 is 5.32 Å². The minimum atomic E-state index is -0.342. The summed E-state index contributed by atoms with van der Waals surface area (Å²) in [5.74, 6) is -0.563. The molecule has 9 heteroatoms. The molecular formula is C17H15FN6OS. The second-order valence-electron chi connectivity index (χ2n) is 5.87. The number of carbonyl (C=O) groups excluding carboxylic acids is 1. The molecule has 4 rings (SSSR count).